The number of halogens is 1. The summed E-state index contributed by atoms with van der Waals surface area (Å²) in [5.41, 5.74) is 0. The third-order valence-corrected chi connectivity index (χ3v) is 3.41. The zero-order chi connectivity index (χ0) is 11.1. The summed E-state index contributed by atoms with van der Waals surface area (Å²) < 4.78 is 16.4. The zero-order valence-electron chi connectivity index (χ0n) is 9.58. The first kappa shape index (κ1) is 13.4. The topological polar surface area (TPSA) is 27.7 Å². The molecule has 90 valence electrons. The SMILES string of the molecule is CCCOC1C(Br)CC1OCCCOC. The summed E-state index contributed by atoms with van der Waals surface area (Å²) in [5.74, 6) is 0. The summed E-state index contributed by atoms with van der Waals surface area (Å²) in [4.78, 5) is 0.469. The van der Waals surface area contributed by atoms with Crippen LogP contribution >= 0.6 is 15.9 Å². The highest BCUT2D eigenvalue weighted by Gasteiger charge is 2.40. The molecule has 0 amide bonds. The van der Waals surface area contributed by atoms with Gasteiger partial charge in [0.15, 0.2) is 0 Å². The van der Waals surface area contributed by atoms with Crippen LogP contribution in [-0.4, -0.2) is 44.0 Å². The number of ether oxygens (including phenoxy) is 3. The van der Waals surface area contributed by atoms with E-state index in [1.54, 1.807) is 7.11 Å². The standard InChI is InChI=1S/C11H21BrO3/c1-3-5-15-11-9(12)8-10(11)14-7-4-6-13-2/h9-11H,3-8H2,1-2H3. The van der Waals surface area contributed by atoms with E-state index in [-0.39, 0.29) is 12.2 Å². The Morgan fingerprint density at radius 2 is 2.00 bits per heavy atom. The normalized spacial score (nSPS) is 30.2. The van der Waals surface area contributed by atoms with Gasteiger partial charge < -0.3 is 14.2 Å². The highest BCUT2D eigenvalue weighted by atomic mass is 79.9. The van der Waals surface area contributed by atoms with E-state index < -0.39 is 0 Å². The van der Waals surface area contributed by atoms with Crippen LogP contribution in [0.5, 0.6) is 0 Å². The fraction of sp³-hybridized carbons (Fsp3) is 1.00. The van der Waals surface area contributed by atoms with E-state index in [2.05, 4.69) is 22.9 Å². The molecule has 0 radical (unpaired) electrons. The molecule has 1 fully saturated rings. The van der Waals surface area contributed by atoms with Crippen LogP contribution in [0.1, 0.15) is 26.2 Å². The molecule has 0 aromatic carbocycles. The van der Waals surface area contributed by atoms with E-state index >= 15 is 0 Å². The lowest BCUT2D eigenvalue weighted by atomic mass is 9.91. The van der Waals surface area contributed by atoms with Crippen molar-refractivity contribution in [2.24, 2.45) is 0 Å². The van der Waals surface area contributed by atoms with Crippen molar-refractivity contribution in [3.8, 4) is 0 Å². The molecule has 0 aromatic rings. The van der Waals surface area contributed by atoms with Crippen LogP contribution in [0.2, 0.25) is 0 Å². The molecule has 0 heterocycles. The second kappa shape index (κ2) is 7.60. The second-order valence-corrected chi connectivity index (χ2v) is 5.02. The van der Waals surface area contributed by atoms with Crippen LogP contribution in [0.25, 0.3) is 0 Å². The van der Waals surface area contributed by atoms with Gasteiger partial charge in [0.25, 0.3) is 0 Å². The van der Waals surface area contributed by atoms with Crippen molar-refractivity contribution in [1.82, 2.24) is 0 Å². The summed E-state index contributed by atoms with van der Waals surface area (Å²) in [6.45, 7) is 4.48. The molecule has 1 saturated carbocycles. The molecular formula is C11H21BrO3. The van der Waals surface area contributed by atoms with E-state index in [9.17, 15) is 0 Å². The summed E-state index contributed by atoms with van der Waals surface area (Å²) in [5, 5.41) is 0. The maximum absolute atomic E-state index is 5.73. The molecule has 1 aliphatic rings. The van der Waals surface area contributed by atoms with Crippen LogP contribution in [0.4, 0.5) is 0 Å². The van der Waals surface area contributed by atoms with E-state index in [4.69, 9.17) is 14.2 Å². The maximum atomic E-state index is 5.73. The molecular weight excluding hydrogens is 260 g/mol. The minimum absolute atomic E-state index is 0.243. The smallest absolute Gasteiger partial charge is 0.0962 e. The number of hydrogen-bond donors (Lipinski definition) is 0. The van der Waals surface area contributed by atoms with Gasteiger partial charge in [0.2, 0.25) is 0 Å². The van der Waals surface area contributed by atoms with Gasteiger partial charge in [-0.15, -0.1) is 0 Å². The monoisotopic (exact) mass is 280 g/mol. The molecule has 0 saturated heterocycles. The van der Waals surface area contributed by atoms with Crippen LogP contribution in [0, 0.1) is 0 Å². The molecule has 0 spiro atoms. The first-order valence-corrected chi connectivity index (χ1v) is 6.57. The Labute approximate surface area is 101 Å². The fourth-order valence-electron chi connectivity index (χ4n) is 1.59. The molecule has 0 aliphatic heterocycles. The Morgan fingerprint density at radius 3 is 2.60 bits per heavy atom. The largest absolute Gasteiger partial charge is 0.385 e. The van der Waals surface area contributed by atoms with Crippen LogP contribution in [-0.2, 0) is 14.2 Å². The van der Waals surface area contributed by atoms with E-state index in [0.717, 1.165) is 39.1 Å². The average molecular weight is 281 g/mol. The van der Waals surface area contributed by atoms with Crippen molar-refractivity contribution >= 4 is 15.9 Å². The average Bonchev–Trinajstić information content (AvgIpc) is 2.23. The summed E-state index contributed by atoms with van der Waals surface area (Å²) >= 11 is 3.59. The third-order valence-electron chi connectivity index (χ3n) is 2.52. The summed E-state index contributed by atoms with van der Waals surface area (Å²) in [6, 6.07) is 0. The lowest BCUT2D eigenvalue weighted by molar-refractivity contribution is -0.122. The molecule has 3 nitrogen and oxygen atoms in total. The number of hydrogen-bond acceptors (Lipinski definition) is 3. The lowest BCUT2D eigenvalue weighted by Crippen LogP contribution is -2.51. The second-order valence-electron chi connectivity index (χ2n) is 3.84. The predicted molar refractivity (Wildman–Crippen MR) is 63.6 cm³/mol. The summed E-state index contributed by atoms with van der Waals surface area (Å²) in [7, 11) is 1.71. The highest BCUT2D eigenvalue weighted by Crippen LogP contribution is 2.33. The molecule has 15 heavy (non-hydrogen) atoms. The molecule has 3 unspecified atom stereocenters. The van der Waals surface area contributed by atoms with Gasteiger partial charge in [-0.1, -0.05) is 22.9 Å². The predicted octanol–water partition coefficient (Wildman–Crippen LogP) is 2.37. The van der Waals surface area contributed by atoms with Gasteiger partial charge in [0, 0.05) is 31.8 Å². The molecule has 1 rings (SSSR count). The summed E-state index contributed by atoms with van der Waals surface area (Å²) in [6.07, 6.45) is 3.60. The van der Waals surface area contributed by atoms with Gasteiger partial charge >= 0.3 is 0 Å². The Balaban J connectivity index is 2.08. The van der Waals surface area contributed by atoms with Gasteiger partial charge in [-0.2, -0.15) is 0 Å². The maximum Gasteiger partial charge on any atom is 0.0962 e. The molecule has 0 bridgehead atoms. The van der Waals surface area contributed by atoms with Crippen molar-refractivity contribution < 1.29 is 14.2 Å². The Kier molecular flexibility index (Phi) is 6.81. The number of alkyl halides is 1. The quantitative estimate of drug-likeness (QED) is 0.505. The van der Waals surface area contributed by atoms with Crippen LogP contribution in [0.3, 0.4) is 0 Å². The first-order chi connectivity index (χ1) is 7.29. The molecule has 3 atom stereocenters. The van der Waals surface area contributed by atoms with E-state index in [1.807, 2.05) is 0 Å². The fourth-order valence-corrected chi connectivity index (χ4v) is 2.46. The van der Waals surface area contributed by atoms with Gasteiger partial charge in [0.1, 0.15) is 0 Å². The van der Waals surface area contributed by atoms with Gasteiger partial charge in [-0.05, 0) is 19.3 Å². The van der Waals surface area contributed by atoms with Crippen LogP contribution in [0.15, 0.2) is 0 Å². The van der Waals surface area contributed by atoms with Crippen molar-refractivity contribution in [2.75, 3.05) is 26.9 Å². The zero-order valence-corrected chi connectivity index (χ0v) is 11.2. The van der Waals surface area contributed by atoms with Gasteiger partial charge in [-0.3, -0.25) is 0 Å². The number of rotatable bonds is 8. The Bertz CT molecular complexity index is 166. The van der Waals surface area contributed by atoms with Gasteiger partial charge in [-0.25, -0.2) is 0 Å². The van der Waals surface area contributed by atoms with Crippen molar-refractivity contribution in [1.29, 1.82) is 0 Å². The van der Waals surface area contributed by atoms with Crippen molar-refractivity contribution in [3.05, 3.63) is 0 Å². The first-order valence-electron chi connectivity index (χ1n) is 5.65. The molecule has 1 aliphatic carbocycles. The van der Waals surface area contributed by atoms with Crippen LogP contribution < -0.4 is 0 Å². The molecule has 0 N–H and O–H groups in total. The van der Waals surface area contributed by atoms with Gasteiger partial charge in [0.05, 0.1) is 12.2 Å². The highest BCUT2D eigenvalue weighted by molar-refractivity contribution is 9.09. The minimum atomic E-state index is 0.243. The molecule has 0 aromatic heterocycles. The molecule has 4 heteroatoms. The van der Waals surface area contributed by atoms with Crippen molar-refractivity contribution in [2.45, 2.75) is 43.2 Å². The minimum Gasteiger partial charge on any atom is -0.385 e. The van der Waals surface area contributed by atoms with Crippen molar-refractivity contribution in [3.63, 3.8) is 0 Å². The third kappa shape index (κ3) is 4.39. The Morgan fingerprint density at radius 1 is 1.20 bits per heavy atom. The van der Waals surface area contributed by atoms with E-state index in [0.29, 0.717) is 4.83 Å². The van der Waals surface area contributed by atoms with E-state index in [1.165, 1.54) is 0 Å². The number of methoxy groups -OCH3 is 1. The Hall–Kier alpha value is 0.360. The lowest BCUT2D eigenvalue weighted by Gasteiger charge is -2.40.